The van der Waals surface area contributed by atoms with Crippen LogP contribution in [-0.2, 0) is 0 Å². The fraction of sp³-hybridized carbons (Fsp3) is 0. The number of imidazole rings is 1. The number of nitrogens with zero attached hydrogens (tertiary/aromatic N) is 4. The van der Waals surface area contributed by atoms with Crippen molar-refractivity contribution in [2.45, 2.75) is 0 Å². The summed E-state index contributed by atoms with van der Waals surface area (Å²) in [5.41, 5.74) is 2.34. The number of hydrogen-bond acceptors (Lipinski definition) is 3. The number of hydrogen-bond donors (Lipinski definition) is 0. The van der Waals surface area contributed by atoms with Crippen molar-refractivity contribution in [3.63, 3.8) is 0 Å². The Hall–Kier alpha value is -2.19. The molecule has 2 aromatic heterocycles. The van der Waals surface area contributed by atoms with E-state index in [1.165, 1.54) is 0 Å². The van der Waals surface area contributed by atoms with Crippen LogP contribution in [0.15, 0.2) is 47.3 Å². The van der Waals surface area contributed by atoms with E-state index in [9.17, 15) is 0 Å². The predicted molar refractivity (Wildman–Crippen MR) is 70.8 cm³/mol. The monoisotopic (exact) mass is 298 g/mol. The molecule has 0 aliphatic carbocycles. The van der Waals surface area contributed by atoms with Crippen molar-refractivity contribution in [3.05, 3.63) is 52.9 Å². The third kappa shape index (κ3) is 1.87. The fourth-order valence-electron chi connectivity index (χ4n) is 1.75. The Labute approximate surface area is 112 Å². The second kappa shape index (κ2) is 4.24. The second-order valence-corrected chi connectivity index (χ2v) is 4.71. The van der Waals surface area contributed by atoms with Gasteiger partial charge in [0.1, 0.15) is 0 Å². The van der Waals surface area contributed by atoms with E-state index in [1.807, 2.05) is 35.0 Å². The van der Waals surface area contributed by atoms with Gasteiger partial charge in [0.25, 0.3) is 0 Å². The molecule has 0 saturated carbocycles. The molecular weight excluding hydrogens is 292 g/mol. The first-order chi connectivity index (χ1) is 8.76. The highest BCUT2D eigenvalue weighted by molar-refractivity contribution is 9.10. The highest BCUT2D eigenvalue weighted by atomic mass is 79.9. The molecule has 2 heterocycles. The number of benzene rings is 1. The summed E-state index contributed by atoms with van der Waals surface area (Å²) in [6.45, 7) is 0. The summed E-state index contributed by atoms with van der Waals surface area (Å²) in [5, 5.41) is 8.89. The molecule has 86 valence electrons. The van der Waals surface area contributed by atoms with Crippen LogP contribution in [0, 0.1) is 11.3 Å². The highest BCUT2D eigenvalue weighted by Crippen LogP contribution is 2.20. The molecule has 0 bridgehead atoms. The molecule has 0 aliphatic heterocycles. The lowest BCUT2D eigenvalue weighted by atomic mass is 10.1. The average molecular weight is 299 g/mol. The lowest BCUT2D eigenvalue weighted by Crippen LogP contribution is -1.85. The molecule has 3 rings (SSSR count). The maximum Gasteiger partial charge on any atom is 0.234 e. The van der Waals surface area contributed by atoms with Gasteiger partial charge in [0.2, 0.25) is 5.78 Å². The summed E-state index contributed by atoms with van der Waals surface area (Å²) in [5.74, 6) is 0.635. The predicted octanol–water partition coefficient (Wildman–Crippen LogP) is 3.03. The molecule has 0 atom stereocenters. The number of halogens is 1. The first-order valence-corrected chi connectivity index (χ1v) is 6.06. The Morgan fingerprint density at radius 2 is 2.17 bits per heavy atom. The van der Waals surface area contributed by atoms with Gasteiger partial charge in [0, 0.05) is 24.2 Å². The van der Waals surface area contributed by atoms with E-state index in [1.54, 1.807) is 12.3 Å². The van der Waals surface area contributed by atoms with Gasteiger partial charge in [-0.1, -0.05) is 12.1 Å². The quantitative estimate of drug-likeness (QED) is 0.694. The molecule has 0 radical (unpaired) electrons. The van der Waals surface area contributed by atoms with E-state index in [0.29, 0.717) is 11.3 Å². The van der Waals surface area contributed by atoms with E-state index in [0.717, 1.165) is 15.7 Å². The summed E-state index contributed by atoms with van der Waals surface area (Å²) in [6.07, 6.45) is 5.49. The summed E-state index contributed by atoms with van der Waals surface area (Å²) >= 11 is 3.37. The molecule has 3 aromatic rings. The first-order valence-electron chi connectivity index (χ1n) is 5.27. The SMILES string of the molecule is N#Cc1cccc(-c2cn3cc(Br)cnc3n2)c1. The molecule has 4 nitrogen and oxygen atoms in total. The standard InChI is InChI=1S/C13H7BrN4/c14-11-6-16-13-17-12(8-18(13)7-11)10-3-1-2-9(4-10)5-15/h1-4,6-8H. The van der Waals surface area contributed by atoms with Crippen molar-refractivity contribution in [2.75, 3.05) is 0 Å². The van der Waals surface area contributed by atoms with Crippen LogP contribution >= 0.6 is 15.9 Å². The fourth-order valence-corrected chi connectivity index (χ4v) is 2.07. The van der Waals surface area contributed by atoms with Crippen molar-refractivity contribution in [1.29, 1.82) is 5.26 Å². The highest BCUT2D eigenvalue weighted by Gasteiger charge is 2.06. The van der Waals surface area contributed by atoms with Gasteiger partial charge >= 0.3 is 0 Å². The Morgan fingerprint density at radius 1 is 1.28 bits per heavy atom. The normalized spacial score (nSPS) is 10.4. The van der Waals surface area contributed by atoms with Crippen LogP contribution in [0.3, 0.4) is 0 Å². The second-order valence-electron chi connectivity index (χ2n) is 3.80. The van der Waals surface area contributed by atoms with Crippen LogP contribution in [0.4, 0.5) is 0 Å². The summed E-state index contributed by atoms with van der Waals surface area (Å²) in [6, 6.07) is 9.49. The van der Waals surface area contributed by atoms with E-state index in [-0.39, 0.29) is 0 Å². The molecule has 0 aliphatic rings. The molecule has 0 spiro atoms. The molecule has 0 N–H and O–H groups in total. The van der Waals surface area contributed by atoms with Gasteiger partial charge in [0.05, 0.1) is 21.8 Å². The van der Waals surface area contributed by atoms with E-state index < -0.39 is 0 Å². The Bertz CT molecular complexity index is 770. The summed E-state index contributed by atoms with van der Waals surface area (Å²) < 4.78 is 2.74. The van der Waals surface area contributed by atoms with Gasteiger partial charge in [-0.2, -0.15) is 5.26 Å². The molecule has 0 amide bonds. The summed E-state index contributed by atoms with van der Waals surface area (Å²) in [7, 11) is 0. The molecular formula is C13H7BrN4. The maximum atomic E-state index is 8.89. The largest absolute Gasteiger partial charge is 0.289 e. The molecule has 0 saturated heterocycles. The van der Waals surface area contributed by atoms with E-state index in [4.69, 9.17) is 5.26 Å². The zero-order valence-corrected chi connectivity index (χ0v) is 10.8. The number of fused-ring (bicyclic) bond motifs is 1. The van der Waals surface area contributed by atoms with Gasteiger partial charge in [-0.05, 0) is 28.1 Å². The first kappa shape index (κ1) is 10.9. The summed E-state index contributed by atoms with van der Waals surface area (Å²) in [4.78, 5) is 8.63. The number of aromatic nitrogens is 3. The smallest absolute Gasteiger partial charge is 0.234 e. The Kier molecular flexibility index (Phi) is 2.58. The Balaban J connectivity index is 2.16. The van der Waals surface area contributed by atoms with Gasteiger partial charge < -0.3 is 0 Å². The van der Waals surface area contributed by atoms with Crippen molar-refractivity contribution < 1.29 is 0 Å². The zero-order chi connectivity index (χ0) is 12.5. The average Bonchev–Trinajstić information content (AvgIpc) is 2.81. The van der Waals surface area contributed by atoms with Crippen LogP contribution < -0.4 is 0 Å². The van der Waals surface area contributed by atoms with Crippen LogP contribution in [-0.4, -0.2) is 14.4 Å². The van der Waals surface area contributed by atoms with Crippen LogP contribution in [0.5, 0.6) is 0 Å². The zero-order valence-electron chi connectivity index (χ0n) is 9.21. The van der Waals surface area contributed by atoms with Crippen LogP contribution in [0.2, 0.25) is 0 Å². The molecule has 5 heteroatoms. The van der Waals surface area contributed by atoms with Crippen molar-refractivity contribution in [3.8, 4) is 17.3 Å². The van der Waals surface area contributed by atoms with Crippen molar-refractivity contribution in [1.82, 2.24) is 14.4 Å². The third-order valence-corrected chi connectivity index (χ3v) is 2.98. The topological polar surface area (TPSA) is 54.0 Å². The number of nitriles is 1. The minimum atomic E-state index is 0.624. The molecule has 0 fully saturated rings. The van der Waals surface area contributed by atoms with E-state index >= 15 is 0 Å². The lowest BCUT2D eigenvalue weighted by molar-refractivity contribution is 1.10. The molecule has 0 unspecified atom stereocenters. The lowest BCUT2D eigenvalue weighted by Gasteiger charge is -1.95. The molecule has 1 aromatic carbocycles. The van der Waals surface area contributed by atoms with Crippen molar-refractivity contribution >= 4 is 21.7 Å². The molecule has 18 heavy (non-hydrogen) atoms. The minimum Gasteiger partial charge on any atom is -0.289 e. The maximum absolute atomic E-state index is 8.89. The van der Waals surface area contributed by atoms with Crippen LogP contribution in [0.1, 0.15) is 5.56 Å². The van der Waals surface area contributed by atoms with Gasteiger partial charge in [0.15, 0.2) is 0 Å². The Morgan fingerprint density at radius 3 is 3.00 bits per heavy atom. The van der Waals surface area contributed by atoms with Gasteiger partial charge in [-0.3, -0.25) is 4.40 Å². The van der Waals surface area contributed by atoms with Gasteiger partial charge in [-0.15, -0.1) is 0 Å². The van der Waals surface area contributed by atoms with E-state index in [2.05, 4.69) is 32.0 Å². The minimum absolute atomic E-state index is 0.624. The van der Waals surface area contributed by atoms with Crippen LogP contribution in [0.25, 0.3) is 17.0 Å². The third-order valence-electron chi connectivity index (χ3n) is 2.57. The van der Waals surface area contributed by atoms with Gasteiger partial charge in [-0.25, -0.2) is 9.97 Å². The van der Waals surface area contributed by atoms with Crippen molar-refractivity contribution in [2.24, 2.45) is 0 Å². The number of rotatable bonds is 1.